The lowest BCUT2D eigenvalue weighted by Crippen LogP contribution is -2.35. The average Bonchev–Trinajstić information content (AvgIpc) is 2.82. The van der Waals surface area contributed by atoms with Crippen molar-refractivity contribution in [2.45, 2.75) is 18.2 Å². The Morgan fingerprint density at radius 2 is 2.05 bits per heavy atom. The number of hydrogen-bond acceptors (Lipinski definition) is 4. The summed E-state index contributed by atoms with van der Waals surface area (Å²) < 4.78 is 26.3. The Bertz CT molecular complexity index is 543. The summed E-state index contributed by atoms with van der Waals surface area (Å²) in [6, 6.07) is 7.43. The van der Waals surface area contributed by atoms with E-state index in [1.807, 2.05) is 26.2 Å². The van der Waals surface area contributed by atoms with Gasteiger partial charge in [-0.25, -0.2) is 12.7 Å². The Morgan fingerprint density at radius 1 is 1.37 bits per heavy atom. The third kappa shape index (κ3) is 3.26. The Labute approximate surface area is 115 Å². The molecule has 2 N–H and O–H groups in total. The molecule has 1 aliphatic rings. The SMILES string of the molecule is CN(C)C1CCN(S(=O)(=O)Cc2ccccc2N)C1. The molecule has 0 aromatic heterocycles. The lowest BCUT2D eigenvalue weighted by Gasteiger charge is -2.20. The van der Waals surface area contributed by atoms with Crippen LogP contribution in [0.4, 0.5) is 5.69 Å². The number of nitrogens with zero attached hydrogens (tertiary/aromatic N) is 2. The van der Waals surface area contributed by atoms with Crippen LogP contribution in [0.5, 0.6) is 0 Å². The Kier molecular flexibility index (Phi) is 4.13. The Morgan fingerprint density at radius 3 is 2.63 bits per heavy atom. The summed E-state index contributed by atoms with van der Waals surface area (Å²) in [6.45, 7) is 1.17. The van der Waals surface area contributed by atoms with Crippen LogP contribution >= 0.6 is 0 Å². The number of hydrogen-bond donors (Lipinski definition) is 1. The van der Waals surface area contributed by atoms with Gasteiger partial charge in [-0.15, -0.1) is 0 Å². The first kappa shape index (κ1) is 14.3. The van der Waals surface area contributed by atoms with Crippen LogP contribution in [-0.4, -0.2) is 50.8 Å². The van der Waals surface area contributed by atoms with Crippen molar-refractivity contribution in [1.29, 1.82) is 0 Å². The highest BCUT2D eigenvalue weighted by molar-refractivity contribution is 7.88. The van der Waals surface area contributed by atoms with Gasteiger partial charge >= 0.3 is 0 Å². The van der Waals surface area contributed by atoms with E-state index >= 15 is 0 Å². The van der Waals surface area contributed by atoms with Gasteiger partial charge in [0.25, 0.3) is 0 Å². The van der Waals surface area contributed by atoms with Gasteiger partial charge in [0.2, 0.25) is 10.0 Å². The molecule has 0 radical (unpaired) electrons. The van der Waals surface area contributed by atoms with E-state index in [-0.39, 0.29) is 5.75 Å². The molecule has 1 aromatic rings. The fourth-order valence-electron chi connectivity index (χ4n) is 2.34. The number of likely N-dealkylation sites (N-methyl/N-ethyl adjacent to an activating group) is 1. The second-order valence-electron chi connectivity index (χ2n) is 5.22. The minimum Gasteiger partial charge on any atom is -0.398 e. The third-order valence-corrected chi connectivity index (χ3v) is 5.44. The van der Waals surface area contributed by atoms with Gasteiger partial charge in [-0.2, -0.15) is 0 Å². The number of nitrogens with two attached hydrogens (primary N) is 1. The average molecular weight is 283 g/mol. The summed E-state index contributed by atoms with van der Waals surface area (Å²) in [5.74, 6) is -0.0141. The molecule has 0 spiro atoms. The molecule has 0 saturated carbocycles. The second kappa shape index (κ2) is 5.48. The molecule has 1 aromatic carbocycles. The molecule has 2 rings (SSSR count). The van der Waals surface area contributed by atoms with Crippen LogP contribution in [0.25, 0.3) is 0 Å². The zero-order chi connectivity index (χ0) is 14.0. The van der Waals surface area contributed by atoms with Crippen LogP contribution in [0.2, 0.25) is 0 Å². The molecule has 1 atom stereocenters. The van der Waals surface area contributed by atoms with Crippen molar-refractivity contribution in [2.75, 3.05) is 32.9 Å². The van der Waals surface area contributed by atoms with E-state index in [1.165, 1.54) is 0 Å². The number of benzene rings is 1. The van der Waals surface area contributed by atoms with E-state index in [0.717, 1.165) is 6.42 Å². The monoisotopic (exact) mass is 283 g/mol. The summed E-state index contributed by atoms with van der Waals surface area (Å²) in [5.41, 5.74) is 7.02. The van der Waals surface area contributed by atoms with Gasteiger partial charge in [0.1, 0.15) is 0 Å². The highest BCUT2D eigenvalue weighted by Gasteiger charge is 2.32. The van der Waals surface area contributed by atoms with Crippen molar-refractivity contribution in [3.63, 3.8) is 0 Å². The summed E-state index contributed by atoms with van der Waals surface area (Å²) in [4.78, 5) is 2.08. The van der Waals surface area contributed by atoms with Gasteiger partial charge < -0.3 is 10.6 Å². The number of nitrogen functional groups attached to an aromatic ring is 1. The molecule has 1 aliphatic heterocycles. The lowest BCUT2D eigenvalue weighted by molar-refractivity contribution is 0.302. The fraction of sp³-hybridized carbons (Fsp3) is 0.538. The molecule has 6 heteroatoms. The predicted molar refractivity (Wildman–Crippen MR) is 77.1 cm³/mol. The molecule has 19 heavy (non-hydrogen) atoms. The summed E-state index contributed by atoms with van der Waals surface area (Å²) >= 11 is 0. The van der Waals surface area contributed by atoms with Crippen LogP contribution in [0, 0.1) is 0 Å². The van der Waals surface area contributed by atoms with Crippen molar-refractivity contribution in [3.05, 3.63) is 29.8 Å². The standard InChI is InChI=1S/C13H21N3O2S/c1-15(2)12-7-8-16(9-12)19(17,18)10-11-5-3-4-6-13(11)14/h3-6,12H,7-10,14H2,1-2H3. The summed E-state index contributed by atoms with van der Waals surface area (Å²) in [5, 5.41) is 0. The van der Waals surface area contributed by atoms with E-state index in [4.69, 9.17) is 5.73 Å². The molecule has 106 valence electrons. The van der Waals surface area contributed by atoms with Crippen molar-refractivity contribution in [3.8, 4) is 0 Å². The van der Waals surface area contributed by atoms with Crippen molar-refractivity contribution < 1.29 is 8.42 Å². The molecule has 1 unspecified atom stereocenters. The van der Waals surface area contributed by atoms with E-state index in [0.29, 0.717) is 30.4 Å². The first-order valence-electron chi connectivity index (χ1n) is 6.38. The number of para-hydroxylation sites is 1. The van der Waals surface area contributed by atoms with Crippen LogP contribution in [0.1, 0.15) is 12.0 Å². The molecular weight excluding hydrogens is 262 g/mol. The third-order valence-electron chi connectivity index (χ3n) is 3.64. The lowest BCUT2D eigenvalue weighted by atomic mass is 10.2. The largest absolute Gasteiger partial charge is 0.398 e. The smallest absolute Gasteiger partial charge is 0.218 e. The molecule has 0 bridgehead atoms. The first-order valence-corrected chi connectivity index (χ1v) is 7.98. The quantitative estimate of drug-likeness (QED) is 0.828. The normalized spacial score (nSPS) is 21.1. The van der Waals surface area contributed by atoms with Gasteiger partial charge in [-0.05, 0) is 32.1 Å². The second-order valence-corrected chi connectivity index (χ2v) is 7.19. The zero-order valence-corrected chi connectivity index (χ0v) is 12.2. The fourth-order valence-corrected chi connectivity index (χ4v) is 3.96. The molecule has 1 saturated heterocycles. The van der Waals surface area contributed by atoms with Crippen LogP contribution < -0.4 is 5.73 Å². The van der Waals surface area contributed by atoms with Crippen molar-refractivity contribution in [2.24, 2.45) is 0 Å². The molecule has 0 amide bonds. The van der Waals surface area contributed by atoms with E-state index < -0.39 is 10.0 Å². The van der Waals surface area contributed by atoms with Crippen molar-refractivity contribution >= 4 is 15.7 Å². The molecule has 1 heterocycles. The topological polar surface area (TPSA) is 66.6 Å². The maximum absolute atomic E-state index is 12.4. The van der Waals surface area contributed by atoms with Crippen LogP contribution in [0.3, 0.4) is 0 Å². The Balaban J connectivity index is 2.10. The van der Waals surface area contributed by atoms with Gasteiger partial charge in [0.05, 0.1) is 5.75 Å². The number of rotatable bonds is 4. The minimum absolute atomic E-state index is 0.0141. The number of sulfonamides is 1. The highest BCUT2D eigenvalue weighted by atomic mass is 32.2. The predicted octanol–water partition coefficient (Wildman–Crippen LogP) is 0.735. The molecule has 0 aliphatic carbocycles. The van der Waals surface area contributed by atoms with E-state index in [1.54, 1.807) is 16.4 Å². The van der Waals surface area contributed by atoms with Crippen molar-refractivity contribution in [1.82, 2.24) is 9.21 Å². The van der Waals surface area contributed by atoms with Crippen LogP contribution in [-0.2, 0) is 15.8 Å². The minimum atomic E-state index is -3.28. The summed E-state index contributed by atoms with van der Waals surface area (Å²) in [6.07, 6.45) is 0.885. The van der Waals surface area contributed by atoms with E-state index in [9.17, 15) is 8.42 Å². The van der Waals surface area contributed by atoms with Crippen LogP contribution in [0.15, 0.2) is 24.3 Å². The highest BCUT2D eigenvalue weighted by Crippen LogP contribution is 2.21. The first-order chi connectivity index (χ1) is 8.90. The maximum Gasteiger partial charge on any atom is 0.218 e. The molecule has 5 nitrogen and oxygen atoms in total. The van der Waals surface area contributed by atoms with Gasteiger partial charge in [0.15, 0.2) is 0 Å². The Hall–Kier alpha value is -1.11. The maximum atomic E-state index is 12.4. The van der Waals surface area contributed by atoms with Gasteiger partial charge in [-0.3, -0.25) is 0 Å². The van der Waals surface area contributed by atoms with Gasteiger partial charge in [0, 0.05) is 24.8 Å². The summed E-state index contributed by atoms with van der Waals surface area (Å²) in [7, 11) is 0.689. The number of anilines is 1. The van der Waals surface area contributed by atoms with E-state index in [2.05, 4.69) is 4.90 Å². The molecular formula is C13H21N3O2S. The molecule has 1 fully saturated rings. The zero-order valence-electron chi connectivity index (χ0n) is 11.4. The van der Waals surface area contributed by atoms with Gasteiger partial charge in [-0.1, -0.05) is 18.2 Å².